The Morgan fingerprint density at radius 2 is 2.00 bits per heavy atom. The van der Waals surface area contributed by atoms with E-state index in [1.807, 2.05) is 0 Å². The Morgan fingerprint density at radius 1 is 1.43 bits per heavy atom. The Bertz CT molecular complexity index is 276. The van der Waals surface area contributed by atoms with Gasteiger partial charge in [-0.2, -0.15) is 5.26 Å². The van der Waals surface area contributed by atoms with E-state index in [-0.39, 0.29) is 11.7 Å². The van der Waals surface area contributed by atoms with Crippen molar-refractivity contribution in [1.82, 2.24) is 10.2 Å². The molecule has 1 aliphatic heterocycles. The Hall–Kier alpha value is -1.41. The SMILES string of the molecule is CC(=O)C(C#N)C(=O)N1CCNCC1. The van der Waals surface area contributed by atoms with Crippen LogP contribution in [-0.2, 0) is 9.59 Å². The first-order valence-corrected chi connectivity index (χ1v) is 4.56. The quantitative estimate of drug-likeness (QED) is 0.582. The molecule has 5 heteroatoms. The molecule has 1 saturated heterocycles. The van der Waals surface area contributed by atoms with Crippen molar-refractivity contribution >= 4 is 11.7 Å². The predicted octanol–water partition coefficient (Wildman–Crippen LogP) is -0.853. The summed E-state index contributed by atoms with van der Waals surface area (Å²) in [5.41, 5.74) is 0. The average Bonchev–Trinajstić information content (AvgIpc) is 2.19. The van der Waals surface area contributed by atoms with E-state index in [0.717, 1.165) is 13.1 Å². The van der Waals surface area contributed by atoms with Gasteiger partial charge in [0, 0.05) is 26.2 Å². The second-order valence-corrected chi connectivity index (χ2v) is 3.25. The summed E-state index contributed by atoms with van der Waals surface area (Å²) in [6.07, 6.45) is 0. The summed E-state index contributed by atoms with van der Waals surface area (Å²) in [5.74, 6) is -1.86. The molecule has 0 bridgehead atoms. The molecule has 0 saturated carbocycles. The first-order valence-electron chi connectivity index (χ1n) is 4.56. The van der Waals surface area contributed by atoms with Gasteiger partial charge in [-0.05, 0) is 6.92 Å². The third-order valence-corrected chi connectivity index (χ3v) is 2.21. The van der Waals surface area contributed by atoms with Crippen LogP contribution in [0.5, 0.6) is 0 Å². The van der Waals surface area contributed by atoms with Gasteiger partial charge >= 0.3 is 0 Å². The van der Waals surface area contributed by atoms with Crippen molar-refractivity contribution in [2.24, 2.45) is 5.92 Å². The number of nitrogens with zero attached hydrogens (tertiary/aromatic N) is 2. The van der Waals surface area contributed by atoms with Gasteiger partial charge in [0.25, 0.3) is 0 Å². The van der Waals surface area contributed by atoms with E-state index < -0.39 is 5.92 Å². The molecule has 1 N–H and O–H groups in total. The lowest BCUT2D eigenvalue weighted by atomic mass is 10.1. The number of carbonyl (C=O) groups excluding carboxylic acids is 2. The molecule has 0 aromatic rings. The van der Waals surface area contributed by atoms with Crippen molar-refractivity contribution in [3.05, 3.63) is 0 Å². The smallest absolute Gasteiger partial charge is 0.247 e. The molecule has 1 atom stereocenters. The lowest BCUT2D eigenvalue weighted by molar-refractivity contribution is -0.138. The average molecular weight is 195 g/mol. The summed E-state index contributed by atoms with van der Waals surface area (Å²) in [5, 5.41) is 11.8. The second-order valence-electron chi connectivity index (χ2n) is 3.25. The summed E-state index contributed by atoms with van der Waals surface area (Å²) >= 11 is 0. The van der Waals surface area contributed by atoms with Crippen LogP contribution in [0.2, 0.25) is 0 Å². The Morgan fingerprint density at radius 3 is 2.43 bits per heavy atom. The number of carbonyl (C=O) groups is 2. The van der Waals surface area contributed by atoms with Gasteiger partial charge in [-0.15, -0.1) is 0 Å². The fourth-order valence-electron chi connectivity index (χ4n) is 1.39. The molecular weight excluding hydrogens is 182 g/mol. The highest BCUT2D eigenvalue weighted by Gasteiger charge is 2.28. The van der Waals surface area contributed by atoms with Gasteiger partial charge in [0.15, 0.2) is 11.7 Å². The largest absolute Gasteiger partial charge is 0.339 e. The van der Waals surface area contributed by atoms with E-state index in [4.69, 9.17) is 5.26 Å². The number of ketones is 1. The van der Waals surface area contributed by atoms with Crippen LogP contribution in [0.3, 0.4) is 0 Å². The lowest BCUT2D eigenvalue weighted by Crippen LogP contribution is -2.49. The summed E-state index contributed by atoms with van der Waals surface area (Å²) in [6.45, 7) is 3.87. The van der Waals surface area contributed by atoms with Crippen LogP contribution in [0.4, 0.5) is 0 Å². The molecule has 1 heterocycles. The maximum Gasteiger partial charge on any atom is 0.247 e. The minimum Gasteiger partial charge on any atom is -0.339 e. The van der Waals surface area contributed by atoms with Gasteiger partial charge in [-0.1, -0.05) is 0 Å². The number of nitrogens with one attached hydrogen (secondary N) is 1. The van der Waals surface area contributed by atoms with Gasteiger partial charge in [0.1, 0.15) is 0 Å². The molecule has 1 fully saturated rings. The van der Waals surface area contributed by atoms with E-state index in [0.29, 0.717) is 13.1 Å². The van der Waals surface area contributed by atoms with Crippen LogP contribution in [0, 0.1) is 17.2 Å². The third kappa shape index (κ3) is 2.30. The van der Waals surface area contributed by atoms with E-state index in [9.17, 15) is 9.59 Å². The third-order valence-electron chi connectivity index (χ3n) is 2.21. The summed E-state index contributed by atoms with van der Waals surface area (Å²) < 4.78 is 0. The first-order chi connectivity index (χ1) is 6.66. The molecule has 0 aromatic heterocycles. The van der Waals surface area contributed by atoms with Crippen LogP contribution in [0.15, 0.2) is 0 Å². The van der Waals surface area contributed by atoms with Crippen LogP contribution >= 0.6 is 0 Å². The Kier molecular flexibility index (Phi) is 3.60. The molecule has 14 heavy (non-hydrogen) atoms. The van der Waals surface area contributed by atoms with E-state index >= 15 is 0 Å². The highest BCUT2D eigenvalue weighted by Crippen LogP contribution is 2.04. The van der Waals surface area contributed by atoms with Crippen LogP contribution in [0.25, 0.3) is 0 Å². The molecule has 0 aliphatic carbocycles. The number of piperazine rings is 1. The number of hydrogen-bond donors (Lipinski definition) is 1. The molecule has 0 spiro atoms. The zero-order valence-electron chi connectivity index (χ0n) is 8.12. The van der Waals surface area contributed by atoms with Gasteiger partial charge < -0.3 is 10.2 Å². The zero-order chi connectivity index (χ0) is 10.6. The standard InChI is InChI=1S/C9H13N3O2/c1-7(13)8(6-10)9(14)12-4-2-11-3-5-12/h8,11H,2-5H2,1H3. The topological polar surface area (TPSA) is 73.2 Å². The Labute approximate surface area is 82.7 Å². The van der Waals surface area contributed by atoms with Gasteiger partial charge in [0.2, 0.25) is 5.91 Å². The lowest BCUT2D eigenvalue weighted by Gasteiger charge is -2.28. The fourth-order valence-corrected chi connectivity index (χ4v) is 1.39. The van der Waals surface area contributed by atoms with Crippen molar-refractivity contribution in [2.45, 2.75) is 6.92 Å². The second kappa shape index (κ2) is 4.72. The van der Waals surface area contributed by atoms with Gasteiger partial charge in [0.05, 0.1) is 6.07 Å². The molecule has 1 aliphatic rings. The van der Waals surface area contributed by atoms with E-state index in [2.05, 4.69) is 5.32 Å². The molecule has 1 unspecified atom stereocenters. The van der Waals surface area contributed by atoms with E-state index in [1.54, 1.807) is 11.0 Å². The predicted molar refractivity (Wildman–Crippen MR) is 49.2 cm³/mol. The molecule has 1 amide bonds. The van der Waals surface area contributed by atoms with Gasteiger partial charge in [-0.3, -0.25) is 9.59 Å². The van der Waals surface area contributed by atoms with Crippen molar-refractivity contribution in [1.29, 1.82) is 5.26 Å². The molecular formula is C9H13N3O2. The summed E-state index contributed by atoms with van der Waals surface area (Å²) in [4.78, 5) is 24.2. The van der Waals surface area contributed by atoms with E-state index in [1.165, 1.54) is 6.92 Å². The van der Waals surface area contributed by atoms with Crippen molar-refractivity contribution in [3.8, 4) is 6.07 Å². The van der Waals surface area contributed by atoms with Crippen LogP contribution in [-0.4, -0.2) is 42.8 Å². The molecule has 0 radical (unpaired) electrons. The maximum absolute atomic E-state index is 11.6. The van der Waals surface area contributed by atoms with Crippen molar-refractivity contribution in [3.63, 3.8) is 0 Å². The number of Topliss-reactive ketones (excluding diaryl/α,β-unsaturated/α-hetero) is 1. The fraction of sp³-hybridized carbons (Fsp3) is 0.667. The minimum atomic E-state index is -1.12. The van der Waals surface area contributed by atoms with Crippen LogP contribution in [0.1, 0.15) is 6.92 Å². The monoisotopic (exact) mass is 195 g/mol. The number of nitriles is 1. The van der Waals surface area contributed by atoms with Crippen molar-refractivity contribution in [2.75, 3.05) is 26.2 Å². The first kappa shape index (κ1) is 10.7. The maximum atomic E-state index is 11.6. The molecule has 1 rings (SSSR count). The Balaban J connectivity index is 2.62. The summed E-state index contributed by atoms with van der Waals surface area (Å²) in [7, 11) is 0. The van der Waals surface area contributed by atoms with Crippen LogP contribution < -0.4 is 5.32 Å². The zero-order valence-corrected chi connectivity index (χ0v) is 8.12. The highest BCUT2D eigenvalue weighted by atomic mass is 16.2. The number of hydrogen-bond acceptors (Lipinski definition) is 4. The molecule has 5 nitrogen and oxygen atoms in total. The van der Waals surface area contributed by atoms with Crippen molar-refractivity contribution < 1.29 is 9.59 Å². The molecule has 76 valence electrons. The number of amides is 1. The molecule has 0 aromatic carbocycles. The summed E-state index contributed by atoms with van der Waals surface area (Å²) in [6, 6.07) is 1.74. The highest BCUT2D eigenvalue weighted by molar-refractivity contribution is 6.02. The normalized spacial score (nSPS) is 18.4. The minimum absolute atomic E-state index is 0.360. The number of rotatable bonds is 2. The van der Waals surface area contributed by atoms with Gasteiger partial charge in [-0.25, -0.2) is 0 Å².